The molecule has 0 aliphatic carbocycles. The highest BCUT2D eigenvalue weighted by Gasteiger charge is 2.14. The van der Waals surface area contributed by atoms with Gasteiger partial charge in [-0.15, -0.1) is 0 Å². The highest BCUT2D eigenvalue weighted by molar-refractivity contribution is 5.93. The van der Waals surface area contributed by atoms with Crippen LogP contribution < -0.4 is 11.0 Å². The molecule has 2 N–H and O–H groups in total. The average Bonchev–Trinajstić information content (AvgIpc) is 3.18. The Kier molecular flexibility index (Phi) is 3.61. The summed E-state index contributed by atoms with van der Waals surface area (Å²) in [7, 11) is 0. The number of aromatic amines is 1. The highest BCUT2D eigenvalue weighted by atomic mass is 16.2. The second-order valence-electron chi connectivity index (χ2n) is 4.86. The Hall–Kier alpha value is -3.09. The van der Waals surface area contributed by atoms with Crippen LogP contribution in [0, 0.1) is 0 Å². The number of benzene rings is 1. The van der Waals surface area contributed by atoms with Crippen LogP contribution in [0.4, 0.5) is 5.69 Å². The van der Waals surface area contributed by atoms with E-state index in [2.05, 4.69) is 15.3 Å². The van der Waals surface area contributed by atoms with Crippen molar-refractivity contribution in [3.8, 4) is 5.69 Å². The van der Waals surface area contributed by atoms with Crippen molar-refractivity contribution in [3.05, 3.63) is 65.9 Å². The number of carbonyl (C=O) groups is 1. The second kappa shape index (κ2) is 5.72. The molecule has 1 atom stereocenters. The van der Waals surface area contributed by atoms with Crippen LogP contribution >= 0.6 is 0 Å². The largest absolute Gasteiger partial charge is 0.330 e. The zero-order chi connectivity index (χ0) is 15.5. The van der Waals surface area contributed by atoms with Gasteiger partial charge in [0.15, 0.2) is 0 Å². The van der Waals surface area contributed by atoms with E-state index in [1.165, 1.54) is 4.57 Å². The molecule has 7 heteroatoms. The fourth-order valence-corrected chi connectivity index (χ4v) is 2.14. The number of imidazole rings is 2. The number of rotatable bonds is 4. The van der Waals surface area contributed by atoms with Crippen molar-refractivity contribution >= 4 is 11.6 Å². The van der Waals surface area contributed by atoms with E-state index in [0.29, 0.717) is 11.4 Å². The molecule has 22 heavy (non-hydrogen) atoms. The molecule has 3 aromatic rings. The molecule has 1 amide bonds. The SMILES string of the molecule is CC(C(=O)Nc1cccc(-n2cc[nH]c2=O)c1)n1ccnc1. The standard InChI is InChI=1S/C15H15N5O2/c1-11(19-7-5-16-10-19)14(21)18-12-3-2-4-13(9-12)20-8-6-17-15(20)22/h2-11H,1H3,(H,17,22)(H,18,21). The normalized spacial score (nSPS) is 12.0. The van der Waals surface area contributed by atoms with E-state index in [1.54, 1.807) is 66.9 Å². The maximum absolute atomic E-state index is 12.2. The first-order chi connectivity index (χ1) is 10.6. The van der Waals surface area contributed by atoms with Crippen LogP contribution in [0.3, 0.4) is 0 Å². The van der Waals surface area contributed by atoms with Gasteiger partial charge in [-0.1, -0.05) is 6.07 Å². The number of hydrogen-bond donors (Lipinski definition) is 2. The molecule has 1 aromatic carbocycles. The van der Waals surface area contributed by atoms with Crippen molar-refractivity contribution in [2.45, 2.75) is 13.0 Å². The monoisotopic (exact) mass is 297 g/mol. The predicted octanol–water partition coefficient (Wildman–Crippen LogP) is 1.56. The third kappa shape index (κ3) is 2.69. The van der Waals surface area contributed by atoms with Crippen molar-refractivity contribution < 1.29 is 4.79 Å². The number of amides is 1. The fraction of sp³-hybridized carbons (Fsp3) is 0.133. The topological polar surface area (TPSA) is 84.7 Å². The molecule has 2 heterocycles. The van der Waals surface area contributed by atoms with Gasteiger partial charge in [-0.2, -0.15) is 0 Å². The molecule has 0 saturated carbocycles. The van der Waals surface area contributed by atoms with E-state index >= 15 is 0 Å². The van der Waals surface area contributed by atoms with Crippen LogP contribution in [0.15, 0.2) is 60.2 Å². The Morgan fingerprint density at radius 2 is 2.23 bits per heavy atom. The van der Waals surface area contributed by atoms with Gasteiger partial charge in [-0.3, -0.25) is 9.36 Å². The molecule has 0 bridgehead atoms. The minimum absolute atomic E-state index is 0.156. The Balaban J connectivity index is 1.80. The smallest absolute Gasteiger partial charge is 0.325 e. The van der Waals surface area contributed by atoms with Crippen molar-refractivity contribution in [1.82, 2.24) is 19.1 Å². The minimum Gasteiger partial charge on any atom is -0.325 e. The van der Waals surface area contributed by atoms with Crippen LogP contribution in [-0.4, -0.2) is 25.0 Å². The van der Waals surface area contributed by atoms with Gasteiger partial charge in [0.25, 0.3) is 0 Å². The van der Waals surface area contributed by atoms with Gasteiger partial charge in [0.1, 0.15) is 6.04 Å². The molecular weight excluding hydrogens is 282 g/mol. The first-order valence-corrected chi connectivity index (χ1v) is 6.80. The van der Waals surface area contributed by atoms with Crippen molar-refractivity contribution in [1.29, 1.82) is 0 Å². The van der Waals surface area contributed by atoms with Gasteiger partial charge in [-0.25, -0.2) is 9.78 Å². The number of H-pyrrole nitrogens is 1. The minimum atomic E-state index is -0.374. The molecule has 0 aliphatic heterocycles. The van der Waals surface area contributed by atoms with Gasteiger partial charge >= 0.3 is 5.69 Å². The third-order valence-corrected chi connectivity index (χ3v) is 3.39. The second-order valence-corrected chi connectivity index (χ2v) is 4.86. The lowest BCUT2D eigenvalue weighted by molar-refractivity contribution is -0.118. The molecule has 0 spiro atoms. The average molecular weight is 297 g/mol. The quantitative estimate of drug-likeness (QED) is 0.766. The Morgan fingerprint density at radius 1 is 1.36 bits per heavy atom. The summed E-state index contributed by atoms with van der Waals surface area (Å²) in [5.74, 6) is -0.156. The Labute approximate surface area is 126 Å². The van der Waals surface area contributed by atoms with E-state index in [9.17, 15) is 9.59 Å². The van der Waals surface area contributed by atoms with E-state index in [4.69, 9.17) is 0 Å². The summed E-state index contributed by atoms with van der Waals surface area (Å²) in [5.41, 5.74) is 1.08. The lowest BCUT2D eigenvalue weighted by atomic mass is 10.2. The number of anilines is 1. The number of nitrogens with zero attached hydrogens (tertiary/aromatic N) is 3. The molecule has 7 nitrogen and oxygen atoms in total. The van der Waals surface area contributed by atoms with Crippen LogP contribution in [0.1, 0.15) is 13.0 Å². The zero-order valence-electron chi connectivity index (χ0n) is 11.9. The van der Waals surface area contributed by atoms with E-state index in [1.807, 2.05) is 0 Å². The summed E-state index contributed by atoms with van der Waals surface area (Å²) in [6.45, 7) is 1.79. The summed E-state index contributed by atoms with van der Waals surface area (Å²) in [6.07, 6.45) is 8.16. The molecule has 0 radical (unpaired) electrons. The van der Waals surface area contributed by atoms with Crippen LogP contribution in [0.5, 0.6) is 0 Å². The highest BCUT2D eigenvalue weighted by Crippen LogP contribution is 2.15. The molecule has 3 rings (SSSR count). The predicted molar refractivity (Wildman–Crippen MR) is 82.0 cm³/mol. The number of nitrogens with one attached hydrogen (secondary N) is 2. The Bertz CT molecular complexity index is 832. The molecular formula is C15H15N5O2. The van der Waals surface area contributed by atoms with E-state index in [-0.39, 0.29) is 17.6 Å². The molecule has 0 aliphatic rings. The van der Waals surface area contributed by atoms with Crippen LogP contribution in [0.25, 0.3) is 5.69 Å². The summed E-state index contributed by atoms with van der Waals surface area (Å²) in [6, 6.07) is 6.73. The van der Waals surface area contributed by atoms with Gasteiger partial charge < -0.3 is 14.9 Å². The number of carbonyl (C=O) groups excluding carboxylic acids is 1. The van der Waals surface area contributed by atoms with Gasteiger partial charge in [0, 0.05) is 30.5 Å². The molecule has 1 unspecified atom stereocenters. The fourth-order valence-electron chi connectivity index (χ4n) is 2.14. The zero-order valence-corrected chi connectivity index (χ0v) is 11.9. The number of aromatic nitrogens is 4. The molecule has 0 saturated heterocycles. The summed E-state index contributed by atoms with van der Waals surface area (Å²) in [5, 5.41) is 2.84. The van der Waals surface area contributed by atoms with E-state index < -0.39 is 0 Å². The van der Waals surface area contributed by atoms with Crippen LogP contribution in [0.2, 0.25) is 0 Å². The van der Waals surface area contributed by atoms with Crippen molar-refractivity contribution in [2.24, 2.45) is 0 Å². The summed E-state index contributed by atoms with van der Waals surface area (Å²) >= 11 is 0. The van der Waals surface area contributed by atoms with E-state index in [0.717, 1.165) is 0 Å². The number of hydrogen-bond acceptors (Lipinski definition) is 3. The molecule has 2 aromatic heterocycles. The third-order valence-electron chi connectivity index (χ3n) is 3.39. The summed E-state index contributed by atoms with van der Waals surface area (Å²) in [4.78, 5) is 30.4. The van der Waals surface area contributed by atoms with Crippen molar-refractivity contribution in [3.63, 3.8) is 0 Å². The molecule has 0 fully saturated rings. The van der Waals surface area contributed by atoms with Crippen LogP contribution in [-0.2, 0) is 4.79 Å². The van der Waals surface area contributed by atoms with Gasteiger partial charge in [0.05, 0.1) is 12.0 Å². The summed E-state index contributed by atoms with van der Waals surface area (Å²) < 4.78 is 3.19. The Morgan fingerprint density at radius 3 is 2.91 bits per heavy atom. The lowest BCUT2D eigenvalue weighted by Crippen LogP contribution is -2.23. The van der Waals surface area contributed by atoms with Crippen molar-refractivity contribution in [2.75, 3.05) is 5.32 Å². The van der Waals surface area contributed by atoms with Gasteiger partial charge in [-0.05, 0) is 25.1 Å². The first-order valence-electron chi connectivity index (χ1n) is 6.80. The maximum Gasteiger partial charge on any atom is 0.330 e. The maximum atomic E-state index is 12.2. The van der Waals surface area contributed by atoms with Gasteiger partial charge in [0.2, 0.25) is 5.91 Å². The first kappa shape index (κ1) is 13.9. The lowest BCUT2D eigenvalue weighted by Gasteiger charge is -2.14. The molecule has 112 valence electrons.